The monoisotopic (exact) mass is 163 g/mol. The van der Waals surface area contributed by atoms with Crippen LogP contribution in [0.4, 0.5) is 0 Å². The van der Waals surface area contributed by atoms with Gasteiger partial charge in [-0.25, -0.2) is 0 Å². The standard InChI is InChI=1S/C10H13NO/c11-7-10-9-4-2-1-3-8(9)5-6-12-10/h1-4,10H,5-7,11H2/t10-/m1/s1. The van der Waals surface area contributed by atoms with Gasteiger partial charge in [0.15, 0.2) is 0 Å². The topological polar surface area (TPSA) is 35.2 Å². The highest BCUT2D eigenvalue weighted by molar-refractivity contribution is 5.30. The van der Waals surface area contributed by atoms with E-state index in [0.29, 0.717) is 6.54 Å². The Labute approximate surface area is 72.3 Å². The number of hydrogen-bond donors (Lipinski definition) is 1. The van der Waals surface area contributed by atoms with Crippen LogP contribution in [-0.4, -0.2) is 13.2 Å². The van der Waals surface area contributed by atoms with E-state index in [1.54, 1.807) is 0 Å². The minimum absolute atomic E-state index is 0.120. The predicted molar refractivity (Wildman–Crippen MR) is 47.9 cm³/mol. The molecule has 1 atom stereocenters. The van der Waals surface area contributed by atoms with Gasteiger partial charge in [-0.1, -0.05) is 24.3 Å². The summed E-state index contributed by atoms with van der Waals surface area (Å²) in [5, 5.41) is 0. The summed E-state index contributed by atoms with van der Waals surface area (Å²) in [6, 6.07) is 8.36. The molecular formula is C10H13NO. The fourth-order valence-electron chi connectivity index (χ4n) is 1.67. The smallest absolute Gasteiger partial charge is 0.0949 e. The number of ether oxygens (including phenoxy) is 1. The van der Waals surface area contributed by atoms with Gasteiger partial charge in [0.25, 0.3) is 0 Å². The summed E-state index contributed by atoms with van der Waals surface area (Å²) in [6.07, 6.45) is 1.14. The van der Waals surface area contributed by atoms with Gasteiger partial charge in [0.1, 0.15) is 0 Å². The lowest BCUT2D eigenvalue weighted by molar-refractivity contribution is 0.0485. The summed E-state index contributed by atoms with van der Waals surface area (Å²) in [4.78, 5) is 0. The largest absolute Gasteiger partial charge is 0.372 e. The lowest BCUT2D eigenvalue weighted by Crippen LogP contribution is -2.22. The molecule has 0 aromatic heterocycles. The van der Waals surface area contributed by atoms with Gasteiger partial charge in [-0.3, -0.25) is 0 Å². The molecule has 0 radical (unpaired) electrons. The third-order valence-electron chi connectivity index (χ3n) is 2.31. The Morgan fingerprint density at radius 2 is 2.25 bits per heavy atom. The molecule has 0 fully saturated rings. The average Bonchev–Trinajstić information content (AvgIpc) is 2.17. The van der Waals surface area contributed by atoms with Crippen LogP contribution in [0.5, 0.6) is 0 Å². The van der Waals surface area contributed by atoms with Crippen molar-refractivity contribution in [2.45, 2.75) is 12.5 Å². The normalized spacial score (nSPS) is 21.9. The second kappa shape index (κ2) is 3.25. The molecule has 2 nitrogen and oxygen atoms in total. The molecular weight excluding hydrogens is 150 g/mol. The van der Waals surface area contributed by atoms with Crippen LogP contribution in [0, 0.1) is 0 Å². The molecule has 1 aliphatic rings. The summed E-state index contributed by atoms with van der Waals surface area (Å²) in [5.74, 6) is 0. The van der Waals surface area contributed by atoms with Crippen molar-refractivity contribution in [3.05, 3.63) is 35.4 Å². The quantitative estimate of drug-likeness (QED) is 0.676. The lowest BCUT2D eigenvalue weighted by Gasteiger charge is -2.24. The number of benzene rings is 1. The fourth-order valence-corrected chi connectivity index (χ4v) is 1.67. The maximum atomic E-state index is 5.59. The molecule has 1 aliphatic heterocycles. The Morgan fingerprint density at radius 3 is 3.08 bits per heavy atom. The first kappa shape index (κ1) is 7.77. The molecule has 2 rings (SSSR count). The Kier molecular flexibility index (Phi) is 2.11. The number of nitrogens with two attached hydrogens (primary N) is 1. The van der Waals surface area contributed by atoms with E-state index in [1.807, 2.05) is 6.07 Å². The fraction of sp³-hybridized carbons (Fsp3) is 0.400. The highest BCUT2D eigenvalue weighted by Crippen LogP contribution is 2.25. The number of rotatable bonds is 1. The second-order valence-corrected chi connectivity index (χ2v) is 3.04. The SMILES string of the molecule is NC[C@H]1OCCc2ccccc21. The molecule has 0 saturated heterocycles. The molecule has 0 spiro atoms. The van der Waals surface area contributed by atoms with Gasteiger partial charge in [-0.2, -0.15) is 0 Å². The van der Waals surface area contributed by atoms with Crippen molar-refractivity contribution in [3.63, 3.8) is 0 Å². The van der Waals surface area contributed by atoms with Gasteiger partial charge in [0, 0.05) is 6.54 Å². The summed E-state index contributed by atoms with van der Waals surface area (Å²) in [6.45, 7) is 1.38. The second-order valence-electron chi connectivity index (χ2n) is 3.04. The van der Waals surface area contributed by atoms with Crippen LogP contribution in [0.15, 0.2) is 24.3 Å². The highest BCUT2D eigenvalue weighted by Gasteiger charge is 2.17. The Balaban J connectivity index is 2.37. The van der Waals surface area contributed by atoms with Crippen LogP contribution in [-0.2, 0) is 11.2 Å². The minimum Gasteiger partial charge on any atom is -0.372 e. The van der Waals surface area contributed by atoms with E-state index in [-0.39, 0.29) is 6.10 Å². The predicted octanol–water partition coefficient (Wildman–Crippen LogP) is 1.26. The van der Waals surface area contributed by atoms with Gasteiger partial charge >= 0.3 is 0 Å². The van der Waals surface area contributed by atoms with Gasteiger partial charge in [-0.05, 0) is 17.5 Å². The first-order valence-electron chi connectivity index (χ1n) is 4.31. The minimum atomic E-state index is 0.120. The van der Waals surface area contributed by atoms with Crippen LogP contribution in [0.1, 0.15) is 17.2 Å². The molecule has 2 N–H and O–H groups in total. The molecule has 1 aromatic rings. The molecule has 0 saturated carbocycles. The van der Waals surface area contributed by atoms with Crippen LogP contribution < -0.4 is 5.73 Å². The Morgan fingerprint density at radius 1 is 1.42 bits per heavy atom. The van der Waals surface area contributed by atoms with E-state index in [9.17, 15) is 0 Å². The lowest BCUT2D eigenvalue weighted by atomic mass is 9.98. The zero-order valence-electron chi connectivity index (χ0n) is 6.99. The molecule has 0 aliphatic carbocycles. The summed E-state index contributed by atoms with van der Waals surface area (Å²) in [7, 11) is 0. The maximum absolute atomic E-state index is 5.59. The molecule has 2 heteroatoms. The van der Waals surface area contributed by atoms with E-state index in [1.165, 1.54) is 11.1 Å². The van der Waals surface area contributed by atoms with E-state index in [2.05, 4.69) is 18.2 Å². The Bertz CT molecular complexity index is 272. The molecule has 12 heavy (non-hydrogen) atoms. The number of hydrogen-bond acceptors (Lipinski definition) is 2. The summed E-state index contributed by atoms with van der Waals surface area (Å²) in [5.41, 5.74) is 8.25. The molecule has 0 bridgehead atoms. The maximum Gasteiger partial charge on any atom is 0.0949 e. The van der Waals surface area contributed by atoms with E-state index < -0.39 is 0 Å². The van der Waals surface area contributed by atoms with E-state index in [0.717, 1.165) is 13.0 Å². The first-order chi connectivity index (χ1) is 5.92. The van der Waals surface area contributed by atoms with Crippen molar-refractivity contribution in [2.75, 3.05) is 13.2 Å². The van der Waals surface area contributed by atoms with Crippen molar-refractivity contribution in [1.29, 1.82) is 0 Å². The molecule has 1 heterocycles. The molecule has 0 unspecified atom stereocenters. The van der Waals surface area contributed by atoms with Crippen LogP contribution >= 0.6 is 0 Å². The summed E-state index contributed by atoms with van der Waals surface area (Å²) >= 11 is 0. The first-order valence-corrected chi connectivity index (χ1v) is 4.31. The van der Waals surface area contributed by atoms with Crippen molar-refractivity contribution < 1.29 is 4.74 Å². The third-order valence-corrected chi connectivity index (χ3v) is 2.31. The zero-order valence-corrected chi connectivity index (χ0v) is 6.99. The van der Waals surface area contributed by atoms with Gasteiger partial charge in [-0.15, -0.1) is 0 Å². The van der Waals surface area contributed by atoms with Crippen LogP contribution in [0.2, 0.25) is 0 Å². The van der Waals surface area contributed by atoms with Crippen molar-refractivity contribution in [3.8, 4) is 0 Å². The Hall–Kier alpha value is -0.860. The molecule has 64 valence electrons. The van der Waals surface area contributed by atoms with Gasteiger partial charge in [0.05, 0.1) is 12.7 Å². The average molecular weight is 163 g/mol. The van der Waals surface area contributed by atoms with Crippen LogP contribution in [0.3, 0.4) is 0 Å². The van der Waals surface area contributed by atoms with Gasteiger partial charge in [0.2, 0.25) is 0 Å². The number of fused-ring (bicyclic) bond motifs is 1. The highest BCUT2D eigenvalue weighted by atomic mass is 16.5. The third kappa shape index (κ3) is 1.24. The van der Waals surface area contributed by atoms with Crippen molar-refractivity contribution in [2.24, 2.45) is 5.73 Å². The zero-order chi connectivity index (χ0) is 8.39. The van der Waals surface area contributed by atoms with Crippen molar-refractivity contribution >= 4 is 0 Å². The molecule has 0 amide bonds. The van der Waals surface area contributed by atoms with Crippen molar-refractivity contribution in [1.82, 2.24) is 0 Å². The van der Waals surface area contributed by atoms with E-state index >= 15 is 0 Å². The summed E-state index contributed by atoms with van der Waals surface area (Å²) < 4.78 is 5.53. The molecule has 1 aromatic carbocycles. The van der Waals surface area contributed by atoms with Gasteiger partial charge < -0.3 is 10.5 Å². The van der Waals surface area contributed by atoms with Crippen LogP contribution in [0.25, 0.3) is 0 Å². The van der Waals surface area contributed by atoms with E-state index in [4.69, 9.17) is 10.5 Å².